The van der Waals surface area contributed by atoms with Crippen molar-refractivity contribution in [3.8, 4) is 0 Å². The molecule has 1 aliphatic rings. The summed E-state index contributed by atoms with van der Waals surface area (Å²) >= 11 is 1.75. The Morgan fingerprint density at radius 1 is 1.24 bits per heavy atom. The van der Waals surface area contributed by atoms with Crippen LogP contribution in [0.3, 0.4) is 0 Å². The van der Waals surface area contributed by atoms with Gasteiger partial charge in [0.2, 0.25) is 0 Å². The molecule has 1 aromatic rings. The normalized spacial score (nSPS) is 18.4. The van der Waals surface area contributed by atoms with Crippen molar-refractivity contribution in [3.05, 3.63) is 11.1 Å². The van der Waals surface area contributed by atoms with Crippen LogP contribution in [0.5, 0.6) is 0 Å². The molecular weight excluding hydrogens is 282 g/mol. The maximum absolute atomic E-state index is 10.6. The molecule has 0 radical (unpaired) electrons. The van der Waals surface area contributed by atoms with Crippen molar-refractivity contribution in [2.75, 3.05) is 24.5 Å². The number of hydrogen-bond acceptors (Lipinski definition) is 5. The molecule has 0 aromatic carbocycles. The van der Waals surface area contributed by atoms with E-state index in [1.54, 1.807) is 11.3 Å². The zero-order valence-electron chi connectivity index (χ0n) is 13.4. The minimum absolute atomic E-state index is 0.497. The summed E-state index contributed by atoms with van der Waals surface area (Å²) in [6, 6.07) is 0. The van der Waals surface area contributed by atoms with Crippen molar-refractivity contribution in [3.63, 3.8) is 0 Å². The van der Waals surface area contributed by atoms with Gasteiger partial charge in [-0.05, 0) is 26.7 Å². The third-order valence-electron chi connectivity index (χ3n) is 4.36. The van der Waals surface area contributed by atoms with Crippen LogP contribution in [-0.2, 0) is 6.54 Å². The molecule has 21 heavy (non-hydrogen) atoms. The Morgan fingerprint density at radius 3 is 2.52 bits per heavy atom. The van der Waals surface area contributed by atoms with E-state index in [2.05, 4.69) is 29.0 Å². The van der Waals surface area contributed by atoms with E-state index in [0.29, 0.717) is 6.54 Å². The molecule has 1 aliphatic carbocycles. The quantitative estimate of drug-likeness (QED) is 0.759. The maximum atomic E-state index is 10.6. The molecule has 0 bridgehead atoms. The van der Waals surface area contributed by atoms with Crippen LogP contribution >= 0.6 is 11.3 Å². The van der Waals surface area contributed by atoms with Gasteiger partial charge in [0, 0.05) is 37.3 Å². The molecule has 2 rings (SSSR count). The van der Waals surface area contributed by atoms with Gasteiger partial charge in [0.1, 0.15) is 0 Å². The van der Waals surface area contributed by atoms with E-state index in [4.69, 9.17) is 0 Å². The minimum Gasteiger partial charge on any atom is -0.389 e. The van der Waals surface area contributed by atoms with E-state index < -0.39 is 5.60 Å². The van der Waals surface area contributed by atoms with Crippen LogP contribution in [0.15, 0.2) is 6.20 Å². The molecule has 0 aliphatic heterocycles. The Hall–Kier alpha value is -0.650. The van der Waals surface area contributed by atoms with Gasteiger partial charge in [0.15, 0.2) is 5.13 Å². The first kappa shape index (κ1) is 16.7. The van der Waals surface area contributed by atoms with Gasteiger partial charge in [0.05, 0.1) is 5.60 Å². The summed E-state index contributed by atoms with van der Waals surface area (Å²) < 4.78 is 0. The highest BCUT2D eigenvalue weighted by atomic mass is 32.1. The average molecular weight is 311 g/mol. The van der Waals surface area contributed by atoms with Crippen LogP contribution in [0.4, 0.5) is 5.13 Å². The smallest absolute Gasteiger partial charge is 0.185 e. The monoisotopic (exact) mass is 311 g/mol. The van der Waals surface area contributed by atoms with Gasteiger partial charge >= 0.3 is 0 Å². The fourth-order valence-corrected chi connectivity index (χ4v) is 4.01. The first-order valence-electron chi connectivity index (χ1n) is 8.29. The Balaban J connectivity index is 1.80. The number of hydrogen-bond donors (Lipinski definition) is 2. The molecule has 2 N–H and O–H groups in total. The number of rotatable bonds is 7. The van der Waals surface area contributed by atoms with Crippen molar-refractivity contribution < 1.29 is 5.11 Å². The Kier molecular flexibility index (Phi) is 6.45. The van der Waals surface area contributed by atoms with E-state index >= 15 is 0 Å². The van der Waals surface area contributed by atoms with E-state index in [1.165, 1.54) is 17.7 Å². The molecule has 1 heterocycles. The van der Waals surface area contributed by atoms with E-state index in [9.17, 15) is 5.11 Å². The second-order valence-corrected chi connectivity index (χ2v) is 7.12. The lowest BCUT2D eigenvalue weighted by molar-refractivity contribution is 0.0251. The highest BCUT2D eigenvalue weighted by Gasteiger charge is 2.27. The summed E-state index contributed by atoms with van der Waals surface area (Å²) in [5.41, 5.74) is -0.497. The fourth-order valence-electron chi connectivity index (χ4n) is 3.00. The molecule has 1 saturated carbocycles. The zero-order valence-corrected chi connectivity index (χ0v) is 14.2. The highest BCUT2D eigenvalue weighted by molar-refractivity contribution is 7.15. The van der Waals surface area contributed by atoms with Crippen LogP contribution in [-0.4, -0.2) is 35.3 Å². The largest absolute Gasteiger partial charge is 0.389 e. The van der Waals surface area contributed by atoms with Gasteiger partial charge in [-0.2, -0.15) is 0 Å². The Morgan fingerprint density at radius 2 is 1.90 bits per heavy atom. The van der Waals surface area contributed by atoms with Gasteiger partial charge in [-0.3, -0.25) is 0 Å². The minimum atomic E-state index is -0.497. The lowest BCUT2D eigenvalue weighted by Gasteiger charge is -2.26. The number of anilines is 1. The molecule has 0 saturated heterocycles. The molecule has 0 atom stereocenters. The Bertz CT molecular complexity index is 409. The van der Waals surface area contributed by atoms with Crippen LogP contribution in [0.25, 0.3) is 0 Å². The van der Waals surface area contributed by atoms with Crippen LogP contribution < -0.4 is 10.2 Å². The summed E-state index contributed by atoms with van der Waals surface area (Å²) in [7, 11) is 0. The van der Waals surface area contributed by atoms with Crippen LogP contribution in [0.1, 0.15) is 57.2 Å². The standard InChI is InChI=1S/C16H29N3OS/c1-3-19(4-2)15-18-12-14(21-15)11-17-13-16(20)9-7-5-6-8-10-16/h12,17,20H,3-11,13H2,1-2H3. The van der Waals surface area contributed by atoms with Crippen molar-refractivity contribution >= 4 is 16.5 Å². The van der Waals surface area contributed by atoms with E-state index in [0.717, 1.165) is 50.4 Å². The SMILES string of the molecule is CCN(CC)c1ncc(CNCC2(O)CCCCCC2)s1. The Labute approximate surface area is 132 Å². The van der Waals surface area contributed by atoms with Gasteiger partial charge < -0.3 is 15.3 Å². The predicted molar refractivity (Wildman–Crippen MR) is 90.0 cm³/mol. The number of thiazole rings is 1. The molecule has 1 fully saturated rings. The number of nitrogens with one attached hydrogen (secondary N) is 1. The molecule has 0 unspecified atom stereocenters. The zero-order chi connectivity index (χ0) is 15.1. The summed E-state index contributed by atoms with van der Waals surface area (Å²) in [6.45, 7) is 7.81. The lowest BCUT2D eigenvalue weighted by Crippen LogP contribution is -2.39. The third kappa shape index (κ3) is 4.94. The second-order valence-electron chi connectivity index (χ2n) is 6.02. The highest BCUT2D eigenvalue weighted by Crippen LogP contribution is 2.27. The molecule has 0 amide bonds. The topological polar surface area (TPSA) is 48.4 Å². The fraction of sp³-hybridized carbons (Fsp3) is 0.812. The van der Waals surface area contributed by atoms with E-state index in [1.807, 2.05) is 6.20 Å². The second kappa shape index (κ2) is 8.11. The van der Waals surface area contributed by atoms with Gasteiger partial charge in [-0.25, -0.2) is 4.98 Å². The average Bonchev–Trinajstić information content (AvgIpc) is 2.82. The van der Waals surface area contributed by atoms with Crippen molar-refractivity contribution in [2.45, 2.75) is 64.5 Å². The van der Waals surface area contributed by atoms with Crippen molar-refractivity contribution in [1.29, 1.82) is 0 Å². The predicted octanol–water partition coefficient (Wildman–Crippen LogP) is 3.16. The molecular formula is C16H29N3OS. The van der Waals surface area contributed by atoms with Crippen molar-refractivity contribution in [1.82, 2.24) is 10.3 Å². The first-order valence-corrected chi connectivity index (χ1v) is 9.11. The first-order chi connectivity index (χ1) is 10.2. The van der Waals surface area contributed by atoms with Crippen LogP contribution in [0.2, 0.25) is 0 Å². The molecule has 120 valence electrons. The van der Waals surface area contributed by atoms with Gasteiger partial charge in [0.25, 0.3) is 0 Å². The van der Waals surface area contributed by atoms with Crippen molar-refractivity contribution in [2.24, 2.45) is 0 Å². The van der Waals surface area contributed by atoms with Crippen LogP contribution in [0, 0.1) is 0 Å². The number of aliphatic hydroxyl groups is 1. The third-order valence-corrected chi connectivity index (χ3v) is 5.42. The summed E-state index contributed by atoms with van der Waals surface area (Å²) in [4.78, 5) is 8.01. The summed E-state index contributed by atoms with van der Waals surface area (Å²) in [5.74, 6) is 0. The van der Waals surface area contributed by atoms with E-state index in [-0.39, 0.29) is 0 Å². The molecule has 0 spiro atoms. The molecule has 1 aromatic heterocycles. The summed E-state index contributed by atoms with van der Waals surface area (Å²) in [6.07, 6.45) is 8.69. The van der Waals surface area contributed by atoms with Gasteiger partial charge in [-0.1, -0.05) is 25.7 Å². The molecule has 4 nitrogen and oxygen atoms in total. The lowest BCUT2D eigenvalue weighted by atomic mass is 9.94. The number of aromatic nitrogens is 1. The van der Waals surface area contributed by atoms with Gasteiger partial charge in [-0.15, -0.1) is 11.3 Å². The molecule has 5 heteroatoms. The summed E-state index contributed by atoms with van der Waals surface area (Å²) in [5, 5.41) is 15.1. The maximum Gasteiger partial charge on any atom is 0.185 e. The number of nitrogens with zero attached hydrogens (tertiary/aromatic N) is 2.